The zero-order valence-corrected chi connectivity index (χ0v) is 14.1. The third kappa shape index (κ3) is 4.45. The van der Waals surface area contributed by atoms with Crippen LogP contribution in [0.3, 0.4) is 0 Å². The molecule has 2 N–H and O–H groups in total. The molecule has 2 aliphatic heterocycles. The van der Waals surface area contributed by atoms with Crippen molar-refractivity contribution in [3.8, 4) is 0 Å². The summed E-state index contributed by atoms with van der Waals surface area (Å²) in [6, 6.07) is 0.266. The molecule has 0 saturated carbocycles. The first-order valence-electron chi connectivity index (χ1n) is 8.92. The standard InChI is InChI=1S/C17H31N3O2/c1-3-4-9-19-16(21)15-6-5-13(2)20(12-15)17(22)14-7-10-18-11-8-14/h13-15,18H,3-12H2,1-2H3,(H,19,21). The highest BCUT2D eigenvalue weighted by Gasteiger charge is 2.35. The number of rotatable bonds is 5. The maximum atomic E-state index is 12.8. The van der Waals surface area contributed by atoms with Crippen LogP contribution < -0.4 is 10.6 Å². The Morgan fingerprint density at radius 1 is 1.14 bits per heavy atom. The van der Waals surface area contributed by atoms with Crippen LogP contribution in [0.25, 0.3) is 0 Å². The number of carbonyl (C=O) groups is 2. The molecule has 0 spiro atoms. The summed E-state index contributed by atoms with van der Waals surface area (Å²) in [6.45, 7) is 7.45. The van der Waals surface area contributed by atoms with E-state index in [2.05, 4.69) is 24.5 Å². The van der Waals surface area contributed by atoms with Crippen LogP contribution in [0.5, 0.6) is 0 Å². The average Bonchev–Trinajstić information content (AvgIpc) is 2.55. The number of hydrogen-bond acceptors (Lipinski definition) is 3. The van der Waals surface area contributed by atoms with Crippen LogP contribution in [0, 0.1) is 11.8 Å². The van der Waals surface area contributed by atoms with Gasteiger partial charge in [-0.15, -0.1) is 0 Å². The van der Waals surface area contributed by atoms with Gasteiger partial charge < -0.3 is 15.5 Å². The van der Waals surface area contributed by atoms with Crippen molar-refractivity contribution in [2.45, 2.75) is 58.4 Å². The maximum absolute atomic E-state index is 12.8. The van der Waals surface area contributed by atoms with Gasteiger partial charge in [-0.1, -0.05) is 13.3 Å². The Labute approximate surface area is 134 Å². The van der Waals surface area contributed by atoms with Crippen LogP contribution in [-0.2, 0) is 9.59 Å². The van der Waals surface area contributed by atoms with Crippen molar-refractivity contribution in [3.05, 3.63) is 0 Å². The van der Waals surface area contributed by atoms with Gasteiger partial charge in [0.1, 0.15) is 0 Å². The highest BCUT2D eigenvalue weighted by Crippen LogP contribution is 2.26. The van der Waals surface area contributed by atoms with Crippen LogP contribution in [0.4, 0.5) is 0 Å². The van der Waals surface area contributed by atoms with Crippen molar-refractivity contribution < 1.29 is 9.59 Å². The van der Waals surface area contributed by atoms with E-state index in [1.165, 1.54) is 0 Å². The predicted molar refractivity (Wildman–Crippen MR) is 87.4 cm³/mol. The minimum Gasteiger partial charge on any atom is -0.356 e. The Morgan fingerprint density at radius 3 is 2.55 bits per heavy atom. The highest BCUT2D eigenvalue weighted by molar-refractivity contribution is 5.82. The van der Waals surface area contributed by atoms with Gasteiger partial charge in [-0.05, 0) is 52.1 Å². The molecule has 0 aliphatic carbocycles. The van der Waals surface area contributed by atoms with Gasteiger partial charge >= 0.3 is 0 Å². The van der Waals surface area contributed by atoms with Crippen LogP contribution in [0.2, 0.25) is 0 Å². The number of amides is 2. The molecule has 0 bridgehead atoms. The molecule has 0 aromatic carbocycles. The normalized spacial score (nSPS) is 26.7. The van der Waals surface area contributed by atoms with E-state index in [9.17, 15) is 9.59 Å². The van der Waals surface area contributed by atoms with E-state index in [1.54, 1.807) is 0 Å². The molecule has 2 atom stereocenters. The highest BCUT2D eigenvalue weighted by atomic mass is 16.2. The zero-order valence-electron chi connectivity index (χ0n) is 14.1. The number of hydrogen-bond donors (Lipinski definition) is 2. The van der Waals surface area contributed by atoms with Gasteiger partial charge in [0.2, 0.25) is 11.8 Å². The zero-order chi connectivity index (χ0) is 15.9. The average molecular weight is 309 g/mol. The molecule has 0 aromatic rings. The fraction of sp³-hybridized carbons (Fsp3) is 0.882. The second kappa shape index (κ2) is 8.51. The lowest BCUT2D eigenvalue weighted by Gasteiger charge is -2.40. The van der Waals surface area contributed by atoms with E-state index >= 15 is 0 Å². The quantitative estimate of drug-likeness (QED) is 0.757. The van der Waals surface area contributed by atoms with Crippen LogP contribution in [0.15, 0.2) is 0 Å². The number of nitrogens with one attached hydrogen (secondary N) is 2. The Bertz CT molecular complexity index is 380. The lowest BCUT2D eigenvalue weighted by Crippen LogP contribution is -2.52. The van der Waals surface area contributed by atoms with Gasteiger partial charge in [0, 0.05) is 25.0 Å². The van der Waals surface area contributed by atoms with E-state index < -0.39 is 0 Å². The Hall–Kier alpha value is -1.10. The van der Waals surface area contributed by atoms with Gasteiger partial charge in [-0.25, -0.2) is 0 Å². The van der Waals surface area contributed by atoms with E-state index in [4.69, 9.17) is 0 Å². The molecule has 2 aliphatic rings. The second-order valence-electron chi connectivity index (χ2n) is 6.78. The molecule has 126 valence electrons. The SMILES string of the molecule is CCCCNC(=O)C1CCC(C)N(C(=O)C2CCNCC2)C1. The topological polar surface area (TPSA) is 61.4 Å². The number of likely N-dealkylation sites (tertiary alicyclic amines) is 1. The maximum Gasteiger partial charge on any atom is 0.226 e. The monoisotopic (exact) mass is 309 g/mol. The molecule has 0 aromatic heterocycles. The van der Waals surface area contributed by atoms with E-state index in [0.29, 0.717) is 6.54 Å². The van der Waals surface area contributed by atoms with Gasteiger partial charge in [0.05, 0.1) is 5.92 Å². The predicted octanol–water partition coefficient (Wildman–Crippen LogP) is 1.53. The third-order valence-electron chi connectivity index (χ3n) is 5.05. The summed E-state index contributed by atoms with van der Waals surface area (Å²) in [5.74, 6) is 0.507. The summed E-state index contributed by atoms with van der Waals surface area (Å²) >= 11 is 0. The molecule has 2 fully saturated rings. The largest absolute Gasteiger partial charge is 0.356 e. The minimum atomic E-state index is -0.0290. The molecular formula is C17H31N3O2. The molecule has 2 amide bonds. The summed E-state index contributed by atoms with van der Waals surface area (Å²) in [6.07, 6.45) is 5.79. The Balaban J connectivity index is 1.89. The van der Waals surface area contributed by atoms with Gasteiger partial charge in [-0.3, -0.25) is 9.59 Å². The van der Waals surface area contributed by atoms with Crippen molar-refractivity contribution in [1.82, 2.24) is 15.5 Å². The Morgan fingerprint density at radius 2 is 1.86 bits per heavy atom. The lowest BCUT2D eigenvalue weighted by molar-refractivity contribution is -0.142. The van der Waals surface area contributed by atoms with Crippen molar-refractivity contribution in [3.63, 3.8) is 0 Å². The van der Waals surface area contributed by atoms with Crippen molar-refractivity contribution in [2.24, 2.45) is 11.8 Å². The van der Waals surface area contributed by atoms with Gasteiger partial charge in [-0.2, -0.15) is 0 Å². The fourth-order valence-electron chi connectivity index (χ4n) is 3.46. The molecule has 2 rings (SSSR count). The number of unbranched alkanes of at least 4 members (excludes halogenated alkanes) is 1. The first-order chi connectivity index (χ1) is 10.6. The summed E-state index contributed by atoms with van der Waals surface area (Å²) in [5.41, 5.74) is 0. The smallest absolute Gasteiger partial charge is 0.226 e. The lowest BCUT2D eigenvalue weighted by atomic mass is 9.89. The van der Waals surface area contributed by atoms with Gasteiger partial charge in [0.25, 0.3) is 0 Å². The molecule has 5 nitrogen and oxygen atoms in total. The van der Waals surface area contributed by atoms with E-state index in [0.717, 1.165) is 58.2 Å². The van der Waals surface area contributed by atoms with Crippen molar-refractivity contribution >= 4 is 11.8 Å². The van der Waals surface area contributed by atoms with E-state index in [1.807, 2.05) is 4.90 Å². The minimum absolute atomic E-state index is 0.0290. The molecule has 22 heavy (non-hydrogen) atoms. The molecule has 5 heteroatoms. The van der Waals surface area contributed by atoms with Crippen molar-refractivity contribution in [1.29, 1.82) is 0 Å². The first-order valence-corrected chi connectivity index (χ1v) is 8.92. The van der Waals surface area contributed by atoms with Crippen LogP contribution >= 0.6 is 0 Å². The summed E-state index contributed by atoms with van der Waals surface area (Å²) in [7, 11) is 0. The molecule has 2 heterocycles. The summed E-state index contributed by atoms with van der Waals surface area (Å²) in [4.78, 5) is 27.0. The first kappa shape index (κ1) is 17.3. The molecule has 2 unspecified atom stereocenters. The number of carbonyl (C=O) groups excluding carboxylic acids is 2. The van der Waals surface area contributed by atoms with E-state index in [-0.39, 0.29) is 29.7 Å². The van der Waals surface area contributed by atoms with Crippen LogP contribution in [0.1, 0.15) is 52.4 Å². The number of nitrogens with zero attached hydrogens (tertiary/aromatic N) is 1. The molecular weight excluding hydrogens is 278 g/mol. The third-order valence-corrected chi connectivity index (χ3v) is 5.05. The Kier molecular flexibility index (Phi) is 6.68. The summed E-state index contributed by atoms with van der Waals surface area (Å²) in [5, 5.41) is 6.32. The fourth-order valence-corrected chi connectivity index (χ4v) is 3.46. The second-order valence-corrected chi connectivity index (χ2v) is 6.78. The summed E-state index contributed by atoms with van der Waals surface area (Å²) < 4.78 is 0. The van der Waals surface area contributed by atoms with Crippen LogP contribution in [-0.4, -0.2) is 48.9 Å². The molecule has 2 saturated heterocycles. The molecule has 0 radical (unpaired) electrons. The van der Waals surface area contributed by atoms with Crippen molar-refractivity contribution in [2.75, 3.05) is 26.2 Å². The van der Waals surface area contributed by atoms with Gasteiger partial charge in [0.15, 0.2) is 0 Å². The number of piperidine rings is 2.